The second-order valence-corrected chi connectivity index (χ2v) is 8.83. The summed E-state index contributed by atoms with van der Waals surface area (Å²) in [4.78, 5) is 13.6. The molecule has 2 aromatic heterocycles. The Balaban J connectivity index is 0.000000406. The lowest BCUT2D eigenvalue weighted by molar-refractivity contribution is -0.192. The third kappa shape index (κ3) is 6.70. The van der Waals surface area contributed by atoms with E-state index in [-0.39, 0.29) is 5.02 Å². The second kappa shape index (κ2) is 10.7. The number of carboxylic acid groups (broad SMARTS) is 1. The van der Waals surface area contributed by atoms with Crippen LogP contribution in [0.2, 0.25) is 5.02 Å². The van der Waals surface area contributed by atoms with E-state index < -0.39 is 18.0 Å². The van der Waals surface area contributed by atoms with Gasteiger partial charge in [0.05, 0.1) is 15.7 Å². The first kappa shape index (κ1) is 26.0. The molecule has 0 atom stereocenters. The number of benzene rings is 1. The van der Waals surface area contributed by atoms with Gasteiger partial charge in [-0.1, -0.05) is 11.6 Å². The summed E-state index contributed by atoms with van der Waals surface area (Å²) >= 11 is 9.38. The molecule has 0 spiro atoms. The number of nitrogens with zero attached hydrogens (tertiary/aromatic N) is 3. The fraction of sp³-hybridized carbons (Fsp3) is 0.350. The standard InChI is InChI=1S/C18H19BrClFN6.C2HF3O2/c19-13-9-23-27-17(25-12-5-6-15(21)14(20)7-12)8-16(26-18(13)27)24-11-3-1-10(22)2-4-11;3-2(4,5)1(6)7/h5-11,25H,1-4,22H2,(H,24,26);(H,6,7). The number of anilines is 3. The minimum absolute atomic E-state index is 0.0591. The number of nitrogens with two attached hydrogens (primary N) is 1. The van der Waals surface area contributed by atoms with Crippen LogP contribution >= 0.6 is 27.5 Å². The Hall–Kier alpha value is -2.64. The van der Waals surface area contributed by atoms with Crippen molar-refractivity contribution < 1.29 is 27.5 Å². The number of halogens is 6. The van der Waals surface area contributed by atoms with Crippen LogP contribution in [0.3, 0.4) is 0 Å². The average molecular weight is 568 g/mol. The zero-order valence-electron chi connectivity index (χ0n) is 17.4. The number of alkyl halides is 3. The van der Waals surface area contributed by atoms with E-state index in [4.69, 9.17) is 27.2 Å². The van der Waals surface area contributed by atoms with Crippen LogP contribution in [0.5, 0.6) is 0 Å². The van der Waals surface area contributed by atoms with Gasteiger partial charge < -0.3 is 21.5 Å². The van der Waals surface area contributed by atoms with Crippen LogP contribution < -0.4 is 16.4 Å². The van der Waals surface area contributed by atoms with E-state index in [1.54, 1.807) is 16.8 Å². The van der Waals surface area contributed by atoms with Crippen LogP contribution in [-0.2, 0) is 4.79 Å². The molecular formula is C20H20BrClF4N6O2. The maximum Gasteiger partial charge on any atom is 0.490 e. The summed E-state index contributed by atoms with van der Waals surface area (Å²) in [6.45, 7) is 0. The molecule has 34 heavy (non-hydrogen) atoms. The first-order valence-corrected chi connectivity index (χ1v) is 11.2. The highest BCUT2D eigenvalue weighted by Crippen LogP contribution is 2.28. The van der Waals surface area contributed by atoms with E-state index in [0.717, 1.165) is 36.0 Å². The number of carbonyl (C=O) groups is 1. The molecule has 8 nitrogen and oxygen atoms in total. The van der Waals surface area contributed by atoms with Crippen molar-refractivity contribution in [3.8, 4) is 0 Å². The van der Waals surface area contributed by atoms with Gasteiger partial charge in [0.2, 0.25) is 0 Å². The van der Waals surface area contributed by atoms with Crippen LogP contribution in [0.1, 0.15) is 25.7 Å². The molecule has 0 unspecified atom stereocenters. The number of fused-ring (bicyclic) bond motifs is 1. The summed E-state index contributed by atoms with van der Waals surface area (Å²) in [5.74, 6) is -1.77. The zero-order chi connectivity index (χ0) is 25.0. The Kier molecular flexibility index (Phi) is 8.21. The highest BCUT2D eigenvalue weighted by molar-refractivity contribution is 9.10. The first-order valence-electron chi connectivity index (χ1n) is 10.0. The molecule has 1 aliphatic rings. The Morgan fingerprint density at radius 3 is 2.47 bits per heavy atom. The fourth-order valence-electron chi connectivity index (χ4n) is 3.29. The molecule has 5 N–H and O–H groups in total. The molecule has 1 aliphatic carbocycles. The molecule has 0 amide bonds. The monoisotopic (exact) mass is 566 g/mol. The molecule has 0 aliphatic heterocycles. The molecule has 1 saturated carbocycles. The van der Waals surface area contributed by atoms with Crippen molar-refractivity contribution in [2.75, 3.05) is 10.6 Å². The van der Waals surface area contributed by atoms with Crippen molar-refractivity contribution in [2.24, 2.45) is 5.73 Å². The molecule has 0 radical (unpaired) electrons. The van der Waals surface area contributed by atoms with Crippen molar-refractivity contribution in [2.45, 2.75) is 43.9 Å². The molecule has 1 fully saturated rings. The van der Waals surface area contributed by atoms with E-state index in [1.807, 2.05) is 6.07 Å². The Morgan fingerprint density at radius 1 is 1.24 bits per heavy atom. The number of hydrogen-bond donors (Lipinski definition) is 4. The summed E-state index contributed by atoms with van der Waals surface area (Å²) in [7, 11) is 0. The lowest BCUT2D eigenvalue weighted by atomic mass is 9.92. The van der Waals surface area contributed by atoms with Gasteiger partial charge in [0.25, 0.3) is 0 Å². The SMILES string of the molecule is NC1CCC(Nc2cc(Nc3ccc(F)c(Cl)c3)n3ncc(Br)c3n2)CC1.O=C(O)C(F)(F)F. The number of carboxylic acids is 1. The number of nitrogens with one attached hydrogen (secondary N) is 2. The highest BCUT2D eigenvalue weighted by Gasteiger charge is 2.38. The molecule has 14 heteroatoms. The van der Waals surface area contributed by atoms with E-state index in [1.165, 1.54) is 12.1 Å². The van der Waals surface area contributed by atoms with Gasteiger partial charge in [-0.3, -0.25) is 0 Å². The number of aromatic nitrogens is 3. The minimum atomic E-state index is -5.08. The molecule has 4 rings (SSSR count). The molecule has 1 aromatic carbocycles. The third-order valence-electron chi connectivity index (χ3n) is 4.99. The zero-order valence-corrected chi connectivity index (χ0v) is 19.8. The van der Waals surface area contributed by atoms with Gasteiger partial charge >= 0.3 is 12.1 Å². The van der Waals surface area contributed by atoms with Crippen molar-refractivity contribution >= 4 is 56.5 Å². The van der Waals surface area contributed by atoms with Crippen LogP contribution in [-0.4, -0.2) is 43.9 Å². The van der Waals surface area contributed by atoms with Gasteiger partial charge in [0, 0.05) is 23.8 Å². The van der Waals surface area contributed by atoms with Crippen molar-refractivity contribution in [3.63, 3.8) is 0 Å². The van der Waals surface area contributed by atoms with Gasteiger partial charge in [-0.05, 0) is 59.8 Å². The summed E-state index contributed by atoms with van der Waals surface area (Å²) in [6.07, 6.45) is 0.662. The van der Waals surface area contributed by atoms with Gasteiger partial charge in [-0.2, -0.15) is 22.8 Å². The molecule has 2 heterocycles. The Morgan fingerprint density at radius 2 is 1.88 bits per heavy atom. The van der Waals surface area contributed by atoms with E-state index in [0.29, 0.717) is 29.2 Å². The fourth-order valence-corrected chi connectivity index (χ4v) is 3.82. The molecule has 0 saturated heterocycles. The molecule has 184 valence electrons. The van der Waals surface area contributed by atoms with Crippen LogP contribution in [0, 0.1) is 5.82 Å². The predicted molar refractivity (Wildman–Crippen MR) is 123 cm³/mol. The van der Waals surface area contributed by atoms with Gasteiger partial charge in [-0.15, -0.1) is 0 Å². The first-order chi connectivity index (χ1) is 15.9. The minimum Gasteiger partial charge on any atom is -0.475 e. The summed E-state index contributed by atoms with van der Waals surface area (Å²) in [5, 5.41) is 18.3. The summed E-state index contributed by atoms with van der Waals surface area (Å²) < 4.78 is 47.6. The van der Waals surface area contributed by atoms with Crippen molar-refractivity contribution in [1.82, 2.24) is 14.6 Å². The number of rotatable bonds is 4. The average Bonchev–Trinajstić information content (AvgIpc) is 3.13. The van der Waals surface area contributed by atoms with Crippen LogP contribution in [0.4, 0.5) is 34.9 Å². The topological polar surface area (TPSA) is 118 Å². The normalized spacial score (nSPS) is 18.2. The number of hydrogen-bond acceptors (Lipinski definition) is 6. The largest absolute Gasteiger partial charge is 0.490 e. The van der Waals surface area contributed by atoms with Crippen molar-refractivity contribution in [3.05, 3.63) is 45.8 Å². The summed E-state index contributed by atoms with van der Waals surface area (Å²) in [5.41, 5.74) is 7.34. The van der Waals surface area contributed by atoms with Crippen LogP contribution in [0.15, 0.2) is 34.9 Å². The Bertz CT molecular complexity index is 1170. The van der Waals surface area contributed by atoms with Gasteiger partial charge in [0.1, 0.15) is 17.5 Å². The second-order valence-electron chi connectivity index (χ2n) is 7.57. The number of aliphatic carboxylic acids is 1. The Labute approximate surface area is 204 Å². The lowest BCUT2D eigenvalue weighted by Gasteiger charge is -2.27. The van der Waals surface area contributed by atoms with E-state index in [2.05, 4.69) is 36.6 Å². The van der Waals surface area contributed by atoms with Crippen LogP contribution in [0.25, 0.3) is 5.65 Å². The third-order valence-corrected chi connectivity index (χ3v) is 5.84. The predicted octanol–water partition coefficient (Wildman–Crippen LogP) is 5.34. The van der Waals surface area contributed by atoms with E-state index in [9.17, 15) is 17.6 Å². The lowest BCUT2D eigenvalue weighted by Crippen LogP contribution is -2.33. The van der Waals surface area contributed by atoms with Gasteiger partial charge in [-0.25, -0.2) is 14.2 Å². The van der Waals surface area contributed by atoms with E-state index >= 15 is 0 Å². The maximum absolute atomic E-state index is 13.4. The molecule has 0 bridgehead atoms. The summed E-state index contributed by atoms with van der Waals surface area (Å²) in [6, 6.07) is 7.02. The van der Waals surface area contributed by atoms with Gasteiger partial charge in [0.15, 0.2) is 5.65 Å². The molecular weight excluding hydrogens is 548 g/mol. The maximum atomic E-state index is 13.4. The molecule has 3 aromatic rings. The smallest absolute Gasteiger partial charge is 0.475 e. The van der Waals surface area contributed by atoms with Crippen molar-refractivity contribution in [1.29, 1.82) is 0 Å². The quantitative estimate of drug-likeness (QED) is 0.314. The highest BCUT2D eigenvalue weighted by atomic mass is 79.9.